The van der Waals surface area contributed by atoms with Crippen LogP contribution in [0.25, 0.3) is 0 Å². The monoisotopic (exact) mass is 955 g/mol. The lowest BCUT2D eigenvalue weighted by Crippen LogP contribution is -2.45. The van der Waals surface area contributed by atoms with Crippen LogP contribution in [-0.4, -0.2) is 68.5 Å². The summed E-state index contributed by atoms with van der Waals surface area (Å²) in [5, 5.41) is 13.8. The van der Waals surface area contributed by atoms with Crippen LogP contribution in [0.3, 0.4) is 0 Å². The standard InChI is InChI=1S/C58H103N2O6P/c1-6-8-10-12-14-16-18-20-22-24-26-28-29-30-32-33-35-37-39-41-43-45-47-49-51-57(61)56(55-66-67(63,64)65-54-53-60(3,4)5)59-58(62)52-50-48-46-44-42-40-38-36-34-31-27-25-23-21-19-17-15-13-11-9-7-2/h9,11,15,17,21,23,27,31,33,35-36,38,41,43,49,51,56-57,61H,6-8,10,12-14,16,18-20,22,24-26,28-30,32,34,37,39-40,42,44-48,50,52-55H2,1-5H3,(H-,59,62,63,64)/b11-9-,17-15-,23-21-,31-27-,35-33+,38-36-,43-41+,51-49+. The Balaban J connectivity index is 4.41. The van der Waals surface area contributed by atoms with Crippen LogP contribution in [0.4, 0.5) is 0 Å². The number of allylic oxidation sites excluding steroid dienone is 15. The number of rotatable bonds is 48. The van der Waals surface area contributed by atoms with Gasteiger partial charge in [-0.05, 0) is 89.9 Å². The molecule has 0 aliphatic carbocycles. The van der Waals surface area contributed by atoms with Crippen molar-refractivity contribution in [1.82, 2.24) is 5.32 Å². The fraction of sp³-hybridized carbons (Fsp3) is 0.707. The van der Waals surface area contributed by atoms with Gasteiger partial charge in [0.15, 0.2) is 0 Å². The zero-order valence-corrected chi connectivity index (χ0v) is 44.7. The minimum absolute atomic E-state index is 0.0184. The Labute approximate surface area is 413 Å². The molecule has 8 nitrogen and oxygen atoms in total. The van der Waals surface area contributed by atoms with E-state index in [1.807, 2.05) is 27.2 Å². The van der Waals surface area contributed by atoms with E-state index in [0.29, 0.717) is 17.4 Å². The quantitative estimate of drug-likeness (QED) is 0.0272. The highest BCUT2D eigenvalue weighted by Crippen LogP contribution is 2.38. The van der Waals surface area contributed by atoms with E-state index in [-0.39, 0.29) is 12.5 Å². The highest BCUT2D eigenvalue weighted by atomic mass is 31.2. The predicted molar refractivity (Wildman–Crippen MR) is 288 cm³/mol. The lowest BCUT2D eigenvalue weighted by Gasteiger charge is -2.29. The second-order valence-corrected chi connectivity index (χ2v) is 20.6. The molecular weight excluding hydrogens is 852 g/mol. The van der Waals surface area contributed by atoms with E-state index >= 15 is 0 Å². The third-order valence-electron chi connectivity index (χ3n) is 11.5. The molecule has 0 aromatic carbocycles. The van der Waals surface area contributed by atoms with Gasteiger partial charge in [0.1, 0.15) is 13.2 Å². The Morgan fingerprint density at radius 2 is 0.925 bits per heavy atom. The largest absolute Gasteiger partial charge is 0.756 e. The molecule has 0 aromatic heterocycles. The first kappa shape index (κ1) is 64.4. The third-order valence-corrected chi connectivity index (χ3v) is 12.5. The number of aliphatic hydroxyl groups is 1. The Bertz CT molecular complexity index is 1410. The van der Waals surface area contributed by atoms with Gasteiger partial charge in [0.05, 0.1) is 39.9 Å². The number of unbranched alkanes of at least 4 members (excludes halogenated alkanes) is 21. The zero-order valence-electron chi connectivity index (χ0n) is 43.8. The average Bonchev–Trinajstić information content (AvgIpc) is 3.29. The Kier molecular flexibility index (Phi) is 46.6. The molecule has 9 heteroatoms. The summed E-state index contributed by atoms with van der Waals surface area (Å²) in [4.78, 5) is 25.4. The smallest absolute Gasteiger partial charge is 0.268 e. The maximum atomic E-state index is 12.9. The summed E-state index contributed by atoms with van der Waals surface area (Å²) in [5.41, 5.74) is 0. The minimum atomic E-state index is -4.62. The Morgan fingerprint density at radius 1 is 0.537 bits per heavy atom. The molecule has 3 atom stereocenters. The number of likely N-dealkylation sites (N-methyl/N-ethyl adjacent to an activating group) is 1. The van der Waals surface area contributed by atoms with Crippen molar-refractivity contribution in [1.29, 1.82) is 0 Å². The van der Waals surface area contributed by atoms with Gasteiger partial charge in [0.2, 0.25) is 5.91 Å². The van der Waals surface area contributed by atoms with Crippen LogP contribution in [0.2, 0.25) is 0 Å². The molecule has 0 heterocycles. The number of quaternary nitrogens is 1. The Hall–Kier alpha value is -2.58. The minimum Gasteiger partial charge on any atom is -0.756 e. The second-order valence-electron chi connectivity index (χ2n) is 19.2. The number of nitrogens with one attached hydrogen (secondary N) is 1. The van der Waals surface area contributed by atoms with Crippen molar-refractivity contribution in [2.45, 2.75) is 225 Å². The van der Waals surface area contributed by atoms with Gasteiger partial charge in [0.25, 0.3) is 7.82 Å². The van der Waals surface area contributed by atoms with Crippen molar-refractivity contribution in [3.05, 3.63) is 97.2 Å². The molecule has 0 spiro atoms. The van der Waals surface area contributed by atoms with Crippen molar-refractivity contribution < 1.29 is 32.9 Å². The van der Waals surface area contributed by atoms with Gasteiger partial charge >= 0.3 is 0 Å². The van der Waals surface area contributed by atoms with E-state index in [2.05, 4.69) is 104 Å². The molecule has 2 N–H and O–H groups in total. The highest BCUT2D eigenvalue weighted by Gasteiger charge is 2.23. The van der Waals surface area contributed by atoms with Gasteiger partial charge in [-0.3, -0.25) is 9.36 Å². The number of nitrogens with zero attached hydrogens (tertiary/aromatic N) is 1. The summed E-state index contributed by atoms with van der Waals surface area (Å²) in [6, 6.07) is -0.927. The molecule has 0 fully saturated rings. The molecule has 3 unspecified atom stereocenters. The first-order valence-electron chi connectivity index (χ1n) is 27.1. The van der Waals surface area contributed by atoms with Crippen molar-refractivity contribution in [2.24, 2.45) is 0 Å². The third kappa shape index (κ3) is 51.1. The molecular formula is C58H103N2O6P. The number of aliphatic hydroxyl groups excluding tert-OH is 1. The van der Waals surface area contributed by atoms with Crippen molar-refractivity contribution in [3.8, 4) is 0 Å². The van der Waals surface area contributed by atoms with E-state index in [4.69, 9.17) is 9.05 Å². The first-order chi connectivity index (χ1) is 32.5. The van der Waals surface area contributed by atoms with Gasteiger partial charge in [-0.25, -0.2) is 0 Å². The average molecular weight is 955 g/mol. The van der Waals surface area contributed by atoms with E-state index in [1.54, 1.807) is 6.08 Å². The summed E-state index contributed by atoms with van der Waals surface area (Å²) in [7, 11) is 1.21. The summed E-state index contributed by atoms with van der Waals surface area (Å²) in [6.07, 6.45) is 69.1. The zero-order chi connectivity index (χ0) is 49.2. The maximum absolute atomic E-state index is 12.9. The predicted octanol–water partition coefficient (Wildman–Crippen LogP) is 15.6. The maximum Gasteiger partial charge on any atom is 0.268 e. The normalized spacial score (nSPS) is 14.8. The lowest BCUT2D eigenvalue weighted by atomic mass is 10.0. The second kappa shape index (κ2) is 48.4. The molecule has 0 radical (unpaired) electrons. The van der Waals surface area contributed by atoms with Gasteiger partial charge < -0.3 is 28.8 Å². The summed E-state index contributed by atoms with van der Waals surface area (Å²) in [6.45, 7) is 4.49. The van der Waals surface area contributed by atoms with E-state index in [0.717, 1.165) is 96.3 Å². The summed E-state index contributed by atoms with van der Waals surface area (Å²) in [5.74, 6) is -0.233. The molecule has 67 heavy (non-hydrogen) atoms. The molecule has 0 aromatic rings. The molecule has 0 saturated heterocycles. The number of carbonyl (C=O) groups excluding carboxylic acids is 1. The van der Waals surface area contributed by atoms with Crippen molar-refractivity contribution in [2.75, 3.05) is 40.9 Å². The fourth-order valence-electron chi connectivity index (χ4n) is 7.27. The number of hydrogen-bond donors (Lipinski definition) is 2. The number of hydrogen-bond acceptors (Lipinski definition) is 6. The number of phosphoric ester groups is 1. The lowest BCUT2D eigenvalue weighted by molar-refractivity contribution is -0.870. The molecule has 1 amide bonds. The molecule has 0 saturated carbocycles. The van der Waals surface area contributed by atoms with Crippen LogP contribution in [0.15, 0.2) is 97.2 Å². The molecule has 386 valence electrons. The Morgan fingerprint density at radius 3 is 1.39 bits per heavy atom. The van der Waals surface area contributed by atoms with Crippen LogP contribution in [-0.2, 0) is 18.4 Å². The highest BCUT2D eigenvalue weighted by molar-refractivity contribution is 7.45. The van der Waals surface area contributed by atoms with E-state index in [9.17, 15) is 19.4 Å². The van der Waals surface area contributed by atoms with Crippen molar-refractivity contribution in [3.63, 3.8) is 0 Å². The van der Waals surface area contributed by atoms with E-state index < -0.39 is 26.6 Å². The molecule has 0 bridgehead atoms. The van der Waals surface area contributed by atoms with Crippen molar-refractivity contribution >= 4 is 13.7 Å². The molecule has 0 rings (SSSR count). The first-order valence-corrected chi connectivity index (χ1v) is 28.6. The topological polar surface area (TPSA) is 108 Å². The van der Waals surface area contributed by atoms with Crippen LogP contribution in [0, 0.1) is 0 Å². The van der Waals surface area contributed by atoms with Gasteiger partial charge in [-0.2, -0.15) is 0 Å². The molecule has 0 aliphatic rings. The number of phosphoric acid groups is 1. The van der Waals surface area contributed by atoms with Gasteiger partial charge in [0, 0.05) is 6.42 Å². The summed E-state index contributed by atoms with van der Waals surface area (Å²) >= 11 is 0. The van der Waals surface area contributed by atoms with Gasteiger partial charge in [-0.15, -0.1) is 0 Å². The van der Waals surface area contributed by atoms with Crippen LogP contribution in [0.5, 0.6) is 0 Å². The molecule has 0 aliphatic heterocycles. The number of amides is 1. The van der Waals surface area contributed by atoms with Crippen LogP contribution < -0.4 is 10.2 Å². The SMILES string of the molecule is CC/C=C\C/C=C\C/C=C\C/C=C\C/C=C\CCCCCCCC(=O)NC(COP(=O)([O-])OCC[N+](C)(C)C)C(O)/C=C/CC/C=C/CC/C=C/CCCCCCCCCCCCCCCC. The number of carbonyl (C=O) groups is 1. The van der Waals surface area contributed by atoms with E-state index in [1.165, 1.54) is 96.3 Å². The summed E-state index contributed by atoms with van der Waals surface area (Å²) < 4.78 is 23.3. The fourth-order valence-corrected chi connectivity index (χ4v) is 7.99. The van der Waals surface area contributed by atoms with Crippen LogP contribution in [0.1, 0.15) is 213 Å². The van der Waals surface area contributed by atoms with Crippen LogP contribution >= 0.6 is 7.82 Å². The van der Waals surface area contributed by atoms with Gasteiger partial charge in [-0.1, -0.05) is 214 Å².